The van der Waals surface area contributed by atoms with E-state index in [4.69, 9.17) is 18.9 Å². The van der Waals surface area contributed by atoms with Gasteiger partial charge in [-0.15, -0.1) is 0 Å². The van der Waals surface area contributed by atoms with Gasteiger partial charge in [-0.3, -0.25) is 9.59 Å². The number of carboxylic acids is 1. The first-order valence-electron chi connectivity index (χ1n) is 43.0. The molecule has 0 aliphatic carbocycles. The van der Waals surface area contributed by atoms with E-state index in [1.165, 1.54) is 276 Å². The first-order valence-corrected chi connectivity index (χ1v) is 43.0. The van der Waals surface area contributed by atoms with Crippen LogP contribution in [-0.4, -0.2) is 82.3 Å². The zero-order valence-electron chi connectivity index (χ0n) is 67.0. The normalized spacial score (nSPS) is 13.2. The van der Waals surface area contributed by atoms with E-state index in [2.05, 4.69) is 123 Å². The monoisotopic (exact) mass is 1410 g/mol. The standard InChI is InChI=1S/C92H163NO8/c1-6-8-10-12-14-16-18-20-22-24-26-28-30-32-34-36-38-40-42-43-44-45-46-47-49-50-52-54-56-58-60-62-64-66-68-70-72-74-76-78-80-82-89(94)99-86-88(87-100-92(91(96)97)98-85-84-93(3,4)5)101-90(95)83-81-79-77-75-73-71-69-67-65-63-61-59-57-55-53-51-48-41-39-37-35-33-31-29-27-25-23-21-19-17-15-13-11-9-7-2/h8-11,14-17,20-23,26-29,33,35,88,92H,6-7,12-13,18-19,24-25,30-32,34,36-87H2,1-5H3/b10-8-,11-9-,16-14-,17-15-,22-20-,23-21-,28-26-,29-27-,35-33-. The van der Waals surface area contributed by atoms with Crippen molar-refractivity contribution in [2.24, 2.45) is 0 Å². The molecule has 0 amide bonds. The van der Waals surface area contributed by atoms with E-state index in [0.29, 0.717) is 23.9 Å². The van der Waals surface area contributed by atoms with Crippen LogP contribution < -0.4 is 5.11 Å². The second-order valence-corrected chi connectivity index (χ2v) is 30.1. The Bertz CT molecular complexity index is 2040. The molecule has 2 atom stereocenters. The Morgan fingerprint density at radius 1 is 0.297 bits per heavy atom. The molecule has 0 spiro atoms. The van der Waals surface area contributed by atoms with Gasteiger partial charge in [-0.05, 0) is 96.3 Å². The van der Waals surface area contributed by atoms with Crippen molar-refractivity contribution in [1.29, 1.82) is 0 Å². The highest BCUT2D eigenvalue weighted by Gasteiger charge is 2.22. The number of carbonyl (C=O) groups is 3. The van der Waals surface area contributed by atoms with Crippen molar-refractivity contribution in [3.8, 4) is 0 Å². The molecule has 0 rings (SSSR count). The average Bonchev–Trinajstić information content (AvgIpc) is 1.25. The Labute approximate surface area is 625 Å². The summed E-state index contributed by atoms with van der Waals surface area (Å²) >= 11 is 0. The number of likely N-dealkylation sites (N-methyl/N-ethyl adjacent to an activating group) is 1. The number of nitrogens with zero attached hydrogens (tertiary/aromatic N) is 1. The Morgan fingerprint density at radius 3 is 0.792 bits per heavy atom. The van der Waals surface area contributed by atoms with Crippen molar-refractivity contribution in [3.05, 3.63) is 109 Å². The lowest BCUT2D eigenvalue weighted by atomic mass is 10.0. The molecular weight excluding hydrogens is 1250 g/mol. The summed E-state index contributed by atoms with van der Waals surface area (Å²) in [7, 11) is 5.95. The molecule has 584 valence electrons. The number of unbranched alkanes of at least 4 members (excludes halogenated alkanes) is 47. The SMILES string of the molecule is CC/C=C\C/C=C\C/C=C\C/C=C\C/C=C\CCCCCCCCCCCCCCCCCCCCCC(=O)OC(COC(=O)CCCCCCCCCCCCCCCCCCCCCCCCCCCCCC/C=C\C/C=C\C/C=C\C/C=C\CC)COC(OCC[N+](C)(C)C)C(=O)[O-]. The topological polar surface area (TPSA) is 111 Å². The molecule has 0 aliphatic heterocycles. The Morgan fingerprint density at radius 2 is 0.535 bits per heavy atom. The maximum absolute atomic E-state index is 13.0. The van der Waals surface area contributed by atoms with Gasteiger partial charge in [0.15, 0.2) is 12.4 Å². The van der Waals surface area contributed by atoms with Gasteiger partial charge >= 0.3 is 11.9 Å². The van der Waals surface area contributed by atoms with Crippen LogP contribution in [0, 0.1) is 0 Å². The molecule has 2 unspecified atom stereocenters. The van der Waals surface area contributed by atoms with Crippen LogP contribution in [0.5, 0.6) is 0 Å². The van der Waals surface area contributed by atoms with Crippen LogP contribution in [0.15, 0.2) is 109 Å². The van der Waals surface area contributed by atoms with Gasteiger partial charge in [0, 0.05) is 12.8 Å². The minimum Gasteiger partial charge on any atom is -0.545 e. The lowest BCUT2D eigenvalue weighted by Gasteiger charge is -2.26. The Kier molecular flexibility index (Phi) is 78.3. The lowest BCUT2D eigenvalue weighted by molar-refractivity contribution is -0.870. The third kappa shape index (κ3) is 83.1. The summed E-state index contributed by atoms with van der Waals surface area (Å²) in [4.78, 5) is 37.7. The summed E-state index contributed by atoms with van der Waals surface area (Å²) in [6.45, 7) is 4.58. The Balaban J connectivity index is 3.93. The highest BCUT2D eigenvalue weighted by molar-refractivity contribution is 5.70. The fraction of sp³-hybridized carbons (Fsp3) is 0.772. The van der Waals surface area contributed by atoms with Gasteiger partial charge in [0.2, 0.25) is 0 Å². The molecule has 9 nitrogen and oxygen atoms in total. The Hall–Kier alpha value is -4.05. The van der Waals surface area contributed by atoms with Crippen molar-refractivity contribution in [2.75, 3.05) is 47.5 Å². The fourth-order valence-electron chi connectivity index (χ4n) is 12.6. The van der Waals surface area contributed by atoms with E-state index in [1.807, 2.05) is 21.1 Å². The van der Waals surface area contributed by atoms with Gasteiger partial charge in [-0.1, -0.05) is 399 Å². The summed E-state index contributed by atoms with van der Waals surface area (Å²) in [5, 5.41) is 11.9. The number of ether oxygens (including phenoxy) is 4. The molecule has 0 N–H and O–H groups in total. The summed E-state index contributed by atoms with van der Waals surface area (Å²) < 4.78 is 22.9. The zero-order valence-corrected chi connectivity index (χ0v) is 67.0. The molecule has 101 heavy (non-hydrogen) atoms. The van der Waals surface area contributed by atoms with Gasteiger partial charge in [0.1, 0.15) is 13.2 Å². The van der Waals surface area contributed by atoms with E-state index in [1.54, 1.807) is 0 Å². The summed E-state index contributed by atoms with van der Waals surface area (Å²) in [6.07, 6.45) is 112. The molecule has 0 aromatic heterocycles. The fourth-order valence-corrected chi connectivity index (χ4v) is 12.6. The highest BCUT2D eigenvalue weighted by atomic mass is 16.7. The molecule has 0 aliphatic rings. The van der Waals surface area contributed by atoms with Crippen LogP contribution >= 0.6 is 0 Å². The third-order valence-corrected chi connectivity index (χ3v) is 19.0. The molecule has 0 saturated heterocycles. The quantitative estimate of drug-likeness (QED) is 0.0195. The molecule has 0 saturated carbocycles. The van der Waals surface area contributed by atoms with Crippen LogP contribution in [0.1, 0.15) is 399 Å². The molecule has 0 heterocycles. The van der Waals surface area contributed by atoms with Crippen LogP contribution in [0.25, 0.3) is 0 Å². The smallest absolute Gasteiger partial charge is 0.306 e. The number of carbonyl (C=O) groups excluding carboxylic acids is 3. The van der Waals surface area contributed by atoms with Gasteiger partial charge in [-0.2, -0.15) is 0 Å². The molecule has 0 aromatic carbocycles. The number of carboxylic acid groups (broad SMARTS) is 1. The van der Waals surface area contributed by atoms with Crippen molar-refractivity contribution >= 4 is 17.9 Å². The maximum Gasteiger partial charge on any atom is 0.306 e. The van der Waals surface area contributed by atoms with E-state index >= 15 is 0 Å². The molecular formula is C92H163NO8. The van der Waals surface area contributed by atoms with Crippen LogP contribution in [0.2, 0.25) is 0 Å². The van der Waals surface area contributed by atoms with E-state index < -0.39 is 24.3 Å². The molecule has 0 aromatic rings. The minimum atomic E-state index is -1.62. The third-order valence-electron chi connectivity index (χ3n) is 19.0. The van der Waals surface area contributed by atoms with Gasteiger partial charge in [-0.25, -0.2) is 0 Å². The highest BCUT2D eigenvalue weighted by Crippen LogP contribution is 2.20. The summed E-state index contributed by atoms with van der Waals surface area (Å²) in [5.74, 6) is -2.26. The predicted molar refractivity (Wildman–Crippen MR) is 435 cm³/mol. The second-order valence-electron chi connectivity index (χ2n) is 30.1. The average molecular weight is 1410 g/mol. The van der Waals surface area contributed by atoms with E-state index in [-0.39, 0.29) is 32.2 Å². The summed E-state index contributed by atoms with van der Waals surface area (Å²) in [6, 6.07) is 0. The van der Waals surface area contributed by atoms with Gasteiger partial charge < -0.3 is 33.3 Å². The van der Waals surface area contributed by atoms with Gasteiger partial charge in [0.05, 0.1) is 40.3 Å². The van der Waals surface area contributed by atoms with E-state index in [0.717, 1.165) is 89.9 Å². The van der Waals surface area contributed by atoms with Crippen LogP contribution in [0.3, 0.4) is 0 Å². The first kappa shape index (κ1) is 97.0. The lowest BCUT2D eigenvalue weighted by Crippen LogP contribution is -2.44. The van der Waals surface area contributed by atoms with Crippen LogP contribution in [-0.2, 0) is 33.3 Å². The number of quaternary nitrogens is 1. The van der Waals surface area contributed by atoms with Crippen molar-refractivity contribution in [1.82, 2.24) is 0 Å². The van der Waals surface area contributed by atoms with Gasteiger partial charge in [0.25, 0.3) is 0 Å². The minimum absolute atomic E-state index is 0.148. The maximum atomic E-state index is 13.0. The van der Waals surface area contributed by atoms with Crippen molar-refractivity contribution in [3.63, 3.8) is 0 Å². The second kappa shape index (κ2) is 81.6. The number of esters is 2. The predicted octanol–water partition coefficient (Wildman–Crippen LogP) is 26.7. The largest absolute Gasteiger partial charge is 0.545 e. The zero-order chi connectivity index (χ0) is 73.2. The number of hydrogen-bond acceptors (Lipinski definition) is 8. The summed E-state index contributed by atoms with van der Waals surface area (Å²) in [5.41, 5.74) is 0. The number of allylic oxidation sites excluding steroid dienone is 18. The number of hydrogen-bond donors (Lipinski definition) is 0. The number of rotatable bonds is 80. The van der Waals surface area contributed by atoms with Crippen molar-refractivity contribution < 1.29 is 42.9 Å². The van der Waals surface area contributed by atoms with E-state index in [9.17, 15) is 19.5 Å². The van der Waals surface area contributed by atoms with Crippen LogP contribution in [0.4, 0.5) is 0 Å². The molecule has 0 fully saturated rings. The van der Waals surface area contributed by atoms with Crippen molar-refractivity contribution in [2.45, 2.75) is 411 Å². The molecule has 9 heteroatoms. The molecule has 0 bridgehead atoms. The first-order chi connectivity index (χ1) is 49.6. The molecule has 0 radical (unpaired) electrons. The number of aliphatic carboxylic acids is 1.